The zero-order valence-electron chi connectivity index (χ0n) is 12.3. The molecule has 0 aromatic heterocycles. The second-order valence-corrected chi connectivity index (χ2v) is 6.36. The summed E-state index contributed by atoms with van der Waals surface area (Å²) in [6.07, 6.45) is 4.20. The van der Waals surface area contributed by atoms with Crippen LogP contribution in [0.1, 0.15) is 45.6 Å². The molecule has 108 valence electrons. The highest BCUT2D eigenvalue weighted by molar-refractivity contribution is 9.10. The summed E-state index contributed by atoms with van der Waals surface area (Å²) in [5, 5.41) is 0. The summed E-state index contributed by atoms with van der Waals surface area (Å²) in [4.78, 5) is 0. The van der Waals surface area contributed by atoms with Crippen molar-refractivity contribution in [1.29, 1.82) is 0 Å². The van der Waals surface area contributed by atoms with Crippen LogP contribution in [0.2, 0.25) is 0 Å². The molecule has 0 bridgehead atoms. The number of halogens is 1. The minimum atomic E-state index is 0.215. The summed E-state index contributed by atoms with van der Waals surface area (Å²) in [7, 11) is 0. The van der Waals surface area contributed by atoms with E-state index in [4.69, 9.17) is 10.5 Å². The monoisotopic (exact) mass is 327 g/mol. The summed E-state index contributed by atoms with van der Waals surface area (Å²) >= 11 is 3.58. The van der Waals surface area contributed by atoms with Crippen molar-refractivity contribution in [2.45, 2.75) is 52.5 Å². The Morgan fingerprint density at radius 1 is 1.32 bits per heavy atom. The Hall–Kier alpha value is -0.540. The van der Waals surface area contributed by atoms with Gasteiger partial charge in [-0.3, -0.25) is 0 Å². The molecule has 0 saturated heterocycles. The van der Waals surface area contributed by atoms with Gasteiger partial charge in [0.2, 0.25) is 0 Å². The fourth-order valence-corrected chi connectivity index (χ4v) is 2.31. The Balaban J connectivity index is 2.53. The van der Waals surface area contributed by atoms with Crippen LogP contribution in [0.25, 0.3) is 0 Å². The summed E-state index contributed by atoms with van der Waals surface area (Å²) in [6.45, 7) is 7.39. The van der Waals surface area contributed by atoms with E-state index in [1.165, 1.54) is 12.0 Å². The van der Waals surface area contributed by atoms with Crippen LogP contribution in [0.3, 0.4) is 0 Å². The summed E-state index contributed by atoms with van der Waals surface area (Å²) < 4.78 is 6.92. The van der Waals surface area contributed by atoms with E-state index in [1.807, 2.05) is 6.07 Å². The molecule has 1 rings (SSSR count). The fraction of sp³-hybridized carbons (Fsp3) is 0.625. The maximum atomic E-state index is 6.02. The van der Waals surface area contributed by atoms with Crippen LogP contribution in [0, 0.1) is 5.92 Å². The Morgan fingerprint density at radius 2 is 2.05 bits per heavy atom. The van der Waals surface area contributed by atoms with Gasteiger partial charge in [0.15, 0.2) is 0 Å². The molecule has 0 spiro atoms. The smallest absolute Gasteiger partial charge is 0.119 e. The molecule has 19 heavy (non-hydrogen) atoms. The summed E-state index contributed by atoms with van der Waals surface area (Å²) in [5.41, 5.74) is 7.25. The van der Waals surface area contributed by atoms with Gasteiger partial charge in [-0.15, -0.1) is 0 Å². The van der Waals surface area contributed by atoms with Gasteiger partial charge < -0.3 is 10.5 Å². The van der Waals surface area contributed by atoms with E-state index in [2.05, 4.69) is 48.8 Å². The van der Waals surface area contributed by atoms with Crippen LogP contribution in [-0.4, -0.2) is 12.6 Å². The van der Waals surface area contributed by atoms with Gasteiger partial charge in [0.05, 0.1) is 6.61 Å². The first-order valence-corrected chi connectivity index (χ1v) is 7.99. The lowest BCUT2D eigenvalue weighted by atomic mass is 10.0. The average Bonchev–Trinajstić information content (AvgIpc) is 2.37. The minimum absolute atomic E-state index is 0.215. The van der Waals surface area contributed by atoms with Crippen LogP contribution in [0.4, 0.5) is 0 Å². The number of hydrogen-bond acceptors (Lipinski definition) is 2. The molecule has 0 aliphatic carbocycles. The van der Waals surface area contributed by atoms with Gasteiger partial charge in [-0.05, 0) is 55.4 Å². The normalized spacial score (nSPS) is 12.7. The van der Waals surface area contributed by atoms with Crippen LogP contribution < -0.4 is 10.5 Å². The Morgan fingerprint density at radius 3 is 2.68 bits per heavy atom. The van der Waals surface area contributed by atoms with E-state index < -0.39 is 0 Å². The standard InChI is InChI=1S/C16H26BrNO/c1-4-14(18)10-13-11-15(7-8-16(13)17)19-9-5-6-12(2)3/h7-8,11-12,14H,4-6,9-10,18H2,1-3H3. The quantitative estimate of drug-likeness (QED) is 0.711. The molecular weight excluding hydrogens is 302 g/mol. The fourth-order valence-electron chi connectivity index (χ4n) is 1.91. The van der Waals surface area contributed by atoms with Crippen molar-refractivity contribution in [3.05, 3.63) is 28.2 Å². The predicted octanol–water partition coefficient (Wildman–Crippen LogP) is 4.54. The third-order valence-electron chi connectivity index (χ3n) is 3.22. The Bertz CT molecular complexity index is 379. The highest BCUT2D eigenvalue weighted by Gasteiger charge is 2.07. The van der Waals surface area contributed by atoms with E-state index in [0.717, 1.165) is 42.0 Å². The van der Waals surface area contributed by atoms with Crippen molar-refractivity contribution in [3.63, 3.8) is 0 Å². The lowest BCUT2D eigenvalue weighted by Gasteiger charge is -2.13. The van der Waals surface area contributed by atoms with Gasteiger partial charge >= 0.3 is 0 Å². The van der Waals surface area contributed by atoms with Crippen LogP contribution in [-0.2, 0) is 6.42 Å². The molecule has 1 aromatic carbocycles. The molecule has 0 aliphatic rings. The van der Waals surface area contributed by atoms with Gasteiger partial charge in [0.25, 0.3) is 0 Å². The molecule has 1 aromatic rings. The van der Waals surface area contributed by atoms with Gasteiger partial charge in [0.1, 0.15) is 5.75 Å². The van der Waals surface area contributed by atoms with E-state index in [9.17, 15) is 0 Å². The predicted molar refractivity (Wildman–Crippen MR) is 85.7 cm³/mol. The molecule has 1 unspecified atom stereocenters. The maximum Gasteiger partial charge on any atom is 0.119 e. The molecule has 0 radical (unpaired) electrons. The lowest BCUT2D eigenvalue weighted by Crippen LogP contribution is -2.21. The van der Waals surface area contributed by atoms with E-state index in [0.29, 0.717) is 0 Å². The van der Waals surface area contributed by atoms with Crippen LogP contribution >= 0.6 is 15.9 Å². The van der Waals surface area contributed by atoms with Crippen molar-refractivity contribution in [1.82, 2.24) is 0 Å². The largest absolute Gasteiger partial charge is 0.494 e. The zero-order chi connectivity index (χ0) is 14.3. The van der Waals surface area contributed by atoms with Gasteiger partial charge in [-0.25, -0.2) is 0 Å². The van der Waals surface area contributed by atoms with E-state index in [1.54, 1.807) is 0 Å². The van der Waals surface area contributed by atoms with Crippen molar-refractivity contribution < 1.29 is 4.74 Å². The van der Waals surface area contributed by atoms with Crippen LogP contribution in [0.5, 0.6) is 5.75 Å². The van der Waals surface area contributed by atoms with Gasteiger partial charge in [0, 0.05) is 10.5 Å². The summed E-state index contributed by atoms with van der Waals surface area (Å²) in [6, 6.07) is 6.39. The van der Waals surface area contributed by atoms with Crippen molar-refractivity contribution >= 4 is 15.9 Å². The van der Waals surface area contributed by atoms with Crippen LogP contribution in [0.15, 0.2) is 22.7 Å². The summed E-state index contributed by atoms with van der Waals surface area (Å²) in [5.74, 6) is 1.69. The lowest BCUT2D eigenvalue weighted by molar-refractivity contribution is 0.297. The number of rotatable bonds is 8. The molecule has 3 heteroatoms. The maximum absolute atomic E-state index is 6.02. The second-order valence-electron chi connectivity index (χ2n) is 5.51. The van der Waals surface area contributed by atoms with Gasteiger partial charge in [-0.1, -0.05) is 36.7 Å². The zero-order valence-corrected chi connectivity index (χ0v) is 13.9. The van der Waals surface area contributed by atoms with E-state index in [-0.39, 0.29) is 6.04 Å². The molecule has 0 saturated carbocycles. The molecule has 2 N–H and O–H groups in total. The third-order valence-corrected chi connectivity index (χ3v) is 3.99. The first-order chi connectivity index (χ1) is 9.02. The van der Waals surface area contributed by atoms with E-state index >= 15 is 0 Å². The van der Waals surface area contributed by atoms with Crippen molar-refractivity contribution in [2.75, 3.05) is 6.61 Å². The highest BCUT2D eigenvalue weighted by atomic mass is 79.9. The highest BCUT2D eigenvalue weighted by Crippen LogP contribution is 2.24. The average molecular weight is 328 g/mol. The van der Waals surface area contributed by atoms with Crippen molar-refractivity contribution in [2.24, 2.45) is 11.7 Å². The molecule has 0 heterocycles. The van der Waals surface area contributed by atoms with Gasteiger partial charge in [-0.2, -0.15) is 0 Å². The first kappa shape index (κ1) is 16.5. The minimum Gasteiger partial charge on any atom is -0.494 e. The number of benzene rings is 1. The molecule has 1 atom stereocenters. The molecule has 0 amide bonds. The molecule has 2 nitrogen and oxygen atoms in total. The SMILES string of the molecule is CCC(N)Cc1cc(OCCCC(C)C)ccc1Br. The Kier molecular flexibility index (Phi) is 7.47. The number of hydrogen-bond donors (Lipinski definition) is 1. The second kappa shape index (κ2) is 8.60. The number of ether oxygens (including phenoxy) is 1. The van der Waals surface area contributed by atoms with Crippen molar-refractivity contribution in [3.8, 4) is 5.75 Å². The Labute approximate surface area is 125 Å². The third kappa shape index (κ3) is 6.44. The number of nitrogens with two attached hydrogens (primary N) is 1. The molecular formula is C16H26BrNO. The first-order valence-electron chi connectivity index (χ1n) is 7.19. The topological polar surface area (TPSA) is 35.2 Å². The molecule has 0 fully saturated rings. The molecule has 0 aliphatic heterocycles.